The monoisotopic (exact) mass is 511 g/mol. The number of carboxylic acids is 2. The summed E-state index contributed by atoms with van der Waals surface area (Å²) in [6.07, 6.45) is 3.40. The van der Waals surface area contributed by atoms with Crippen LogP contribution in [0.15, 0.2) is 12.5 Å². The van der Waals surface area contributed by atoms with E-state index in [0.29, 0.717) is 31.5 Å². The van der Waals surface area contributed by atoms with Gasteiger partial charge in [0, 0.05) is 18.3 Å². The largest absolute Gasteiger partial charge is 0.481 e. The number of nitrogens with zero attached hydrogens (tertiary/aromatic N) is 1. The minimum absolute atomic E-state index is 0.0734. The Labute approximate surface area is 209 Å². The average Bonchev–Trinajstić information content (AvgIpc) is 3.29. The third kappa shape index (κ3) is 11.3. The molecule has 14 nitrogen and oxygen atoms in total. The van der Waals surface area contributed by atoms with Gasteiger partial charge in [0.05, 0.1) is 18.8 Å². The molecule has 0 saturated carbocycles. The summed E-state index contributed by atoms with van der Waals surface area (Å²) in [5.41, 5.74) is 11.8. The molecule has 0 radical (unpaired) electrons. The van der Waals surface area contributed by atoms with Gasteiger partial charge in [-0.25, -0.2) is 9.78 Å². The van der Waals surface area contributed by atoms with Gasteiger partial charge in [0.25, 0.3) is 0 Å². The molecule has 0 aliphatic rings. The summed E-state index contributed by atoms with van der Waals surface area (Å²) in [5.74, 6) is -4.92. The lowest BCUT2D eigenvalue weighted by Gasteiger charge is -2.25. The van der Waals surface area contributed by atoms with E-state index >= 15 is 0 Å². The fourth-order valence-corrected chi connectivity index (χ4v) is 3.40. The van der Waals surface area contributed by atoms with Gasteiger partial charge in [-0.1, -0.05) is 13.8 Å². The van der Waals surface area contributed by atoms with E-state index in [4.69, 9.17) is 11.5 Å². The zero-order chi connectivity index (χ0) is 27.3. The Kier molecular flexibility index (Phi) is 13.1. The Balaban J connectivity index is 2.98. The number of H-pyrrole nitrogens is 1. The van der Waals surface area contributed by atoms with E-state index in [9.17, 15) is 34.2 Å². The van der Waals surface area contributed by atoms with Crippen molar-refractivity contribution in [1.29, 1.82) is 0 Å². The lowest BCUT2D eigenvalue weighted by Crippen LogP contribution is -2.57. The summed E-state index contributed by atoms with van der Waals surface area (Å²) >= 11 is 0. The molecule has 0 bridgehead atoms. The fourth-order valence-electron chi connectivity index (χ4n) is 3.40. The molecular weight excluding hydrogens is 474 g/mol. The zero-order valence-corrected chi connectivity index (χ0v) is 20.5. The number of aromatic nitrogens is 2. The second-order valence-corrected chi connectivity index (χ2v) is 8.92. The first kappa shape index (κ1) is 30.5. The van der Waals surface area contributed by atoms with Crippen molar-refractivity contribution < 1.29 is 34.2 Å². The highest BCUT2D eigenvalue weighted by atomic mass is 16.4. The van der Waals surface area contributed by atoms with E-state index in [0.717, 1.165) is 0 Å². The molecule has 1 aromatic rings. The lowest BCUT2D eigenvalue weighted by molar-refractivity contribution is -0.143. The summed E-state index contributed by atoms with van der Waals surface area (Å²) in [7, 11) is 0. The van der Waals surface area contributed by atoms with Crippen molar-refractivity contribution in [3.05, 3.63) is 18.2 Å². The predicted molar refractivity (Wildman–Crippen MR) is 128 cm³/mol. The number of carbonyl (C=O) groups is 5. The van der Waals surface area contributed by atoms with Gasteiger partial charge in [-0.15, -0.1) is 0 Å². The number of imidazole rings is 1. The Morgan fingerprint density at radius 3 is 2.11 bits per heavy atom. The molecule has 0 aromatic carbocycles. The quantitative estimate of drug-likeness (QED) is 0.112. The van der Waals surface area contributed by atoms with Crippen molar-refractivity contribution in [2.24, 2.45) is 17.4 Å². The molecule has 1 heterocycles. The Hall–Kier alpha value is -3.52. The van der Waals surface area contributed by atoms with Crippen LogP contribution in [0.3, 0.4) is 0 Å². The Morgan fingerprint density at radius 1 is 0.972 bits per heavy atom. The minimum Gasteiger partial charge on any atom is -0.481 e. The van der Waals surface area contributed by atoms with Crippen LogP contribution in [0, 0.1) is 5.92 Å². The number of nitrogens with one attached hydrogen (secondary N) is 4. The van der Waals surface area contributed by atoms with Crippen LogP contribution in [0.4, 0.5) is 0 Å². The molecule has 4 unspecified atom stereocenters. The number of rotatable bonds is 17. The van der Waals surface area contributed by atoms with Crippen molar-refractivity contribution in [2.75, 3.05) is 6.54 Å². The van der Waals surface area contributed by atoms with Gasteiger partial charge in [0.1, 0.15) is 18.1 Å². The van der Waals surface area contributed by atoms with Gasteiger partial charge >= 0.3 is 11.9 Å². The van der Waals surface area contributed by atoms with Crippen LogP contribution in [0.5, 0.6) is 0 Å². The number of aliphatic carboxylic acids is 2. The number of nitrogens with two attached hydrogens (primary N) is 2. The van der Waals surface area contributed by atoms with Gasteiger partial charge in [-0.3, -0.25) is 19.2 Å². The van der Waals surface area contributed by atoms with Crippen molar-refractivity contribution in [3.8, 4) is 0 Å². The highest BCUT2D eigenvalue weighted by Gasteiger charge is 2.31. The topological polar surface area (TPSA) is 243 Å². The fraction of sp³-hybridized carbons (Fsp3) is 0.636. The smallest absolute Gasteiger partial charge is 0.326 e. The van der Waals surface area contributed by atoms with Crippen molar-refractivity contribution in [3.63, 3.8) is 0 Å². The molecule has 0 aliphatic heterocycles. The Bertz CT molecular complexity index is 876. The molecule has 4 atom stereocenters. The molecule has 1 rings (SSSR count). The van der Waals surface area contributed by atoms with Gasteiger partial charge < -0.3 is 42.6 Å². The van der Waals surface area contributed by atoms with Crippen molar-refractivity contribution >= 4 is 29.7 Å². The normalized spacial score (nSPS) is 14.4. The standard InChI is InChI=1S/C22H37N7O7/c1-12(2)7-14(24)19(32)28-16(9-18(30)31)21(34)27-15(5-3-4-6-23)20(33)29-17(22(35)36)8-13-10-25-11-26-13/h10-12,14-17H,3-9,23-24H2,1-2H3,(H,25,26)(H,27,34)(H,28,32)(H,29,33)(H,30,31)(H,35,36). The lowest BCUT2D eigenvalue weighted by atomic mass is 10.0. The number of unbranched alkanes of at least 4 members (excludes halogenated alkanes) is 1. The molecule has 14 heteroatoms. The van der Waals surface area contributed by atoms with Crippen LogP contribution in [-0.2, 0) is 30.4 Å². The zero-order valence-electron chi connectivity index (χ0n) is 20.5. The van der Waals surface area contributed by atoms with E-state index < -0.39 is 60.2 Å². The van der Waals surface area contributed by atoms with Crippen LogP contribution in [-0.4, -0.2) is 80.6 Å². The third-order valence-corrected chi connectivity index (χ3v) is 5.25. The number of aromatic amines is 1. The maximum Gasteiger partial charge on any atom is 0.326 e. The van der Waals surface area contributed by atoms with Crippen LogP contribution < -0.4 is 27.4 Å². The van der Waals surface area contributed by atoms with E-state index in [1.165, 1.54) is 12.5 Å². The second-order valence-electron chi connectivity index (χ2n) is 8.92. The number of carbonyl (C=O) groups excluding carboxylic acids is 3. The summed E-state index contributed by atoms with van der Waals surface area (Å²) in [4.78, 5) is 67.8. The molecule has 10 N–H and O–H groups in total. The number of hydrogen-bond acceptors (Lipinski definition) is 8. The van der Waals surface area contributed by atoms with Crippen molar-refractivity contribution in [1.82, 2.24) is 25.9 Å². The first-order chi connectivity index (χ1) is 16.9. The SMILES string of the molecule is CC(C)CC(N)C(=O)NC(CC(=O)O)C(=O)NC(CCCCN)C(=O)NC(Cc1cnc[nH]1)C(=O)O. The number of amides is 3. The van der Waals surface area contributed by atoms with Crippen molar-refractivity contribution in [2.45, 2.75) is 76.5 Å². The maximum absolute atomic E-state index is 12.9. The van der Waals surface area contributed by atoms with Crippen LogP contribution in [0.2, 0.25) is 0 Å². The molecule has 0 aliphatic carbocycles. The number of carboxylic acid groups (broad SMARTS) is 2. The van der Waals surface area contributed by atoms with Gasteiger partial charge in [-0.05, 0) is 38.1 Å². The molecule has 0 saturated heterocycles. The molecule has 0 fully saturated rings. The molecule has 0 spiro atoms. The molecule has 202 valence electrons. The second kappa shape index (κ2) is 15.5. The first-order valence-corrected chi connectivity index (χ1v) is 11.7. The van der Waals surface area contributed by atoms with E-state index in [-0.39, 0.29) is 18.8 Å². The Morgan fingerprint density at radius 2 is 1.58 bits per heavy atom. The third-order valence-electron chi connectivity index (χ3n) is 5.25. The number of hydrogen-bond donors (Lipinski definition) is 8. The van der Waals surface area contributed by atoms with Gasteiger partial charge in [0.15, 0.2) is 0 Å². The molecular formula is C22H37N7O7. The molecule has 36 heavy (non-hydrogen) atoms. The van der Waals surface area contributed by atoms with Gasteiger partial charge in [-0.2, -0.15) is 0 Å². The van der Waals surface area contributed by atoms with Crippen LogP contribution in [0.1, 0.15) is 51.6 Å². The van der Waals surface area contributed by atoms with Crippen LogP contribution in [0.25, 0.3) is 0 Å². The predicted octanol–water partition coefficient (Wildman–Crippen LogP) is -1.53. The summed E-state index contributed by atoms with van der Waals surface area (Å²) in [6, 6.07) is -4.93. The van der Waals surface area contributed by atoms with Crippen LogP contribution >= 0.6 is 0 Å². The first-order valence-electron chi connectivity index (χ1n) is 11.7. The molecule has 1 aromatic heterocycles. The summed E-state index contributed by atoms with van der Waals surface area (Å²) in [5, 5.41) is 25.9. The van der Waals surface area contributed by atoms with E-state index in [1.54, 1.807) is 0 Å². The average molecular weight is 512 g/mol. The minimum atomic E-state index is -1.49. The van der Waals surface area contributed by atoms with E-state index in [2.05, 4.69) is 25.9 Å². The highest BCUT2D eigenvalue weighted by Crippen LogP contribution is 2.07. The van der Waals surface area contributed by atoms with Gasteiger partial charge in [0.2, 0.25) is 17.7 Å². The van der Waals surface area contributed by atoms with E-state index in [1.807, 2.05) is 13.8 Å². The maximum atomic E-state index is 12.9. The summed E-state index contributed by atoms with van der Waals surface area (Å²) < 4.78 is 0. The summed E-state index contributed by atoms with van der Waals surface area (Å²) in [6.45, 7) is 4.05. The molecule has 3 amide bonds. The highest BCUT2D eigenvalue weighted by molar-refractivity contribution is 5.95.